The van der Waals surface area contributed by atoms with E-state index in [9.17, 15) is 4.79 Å². The Morgan fingerprint density at radius 1 is 1.00 bits per heavy atom. The average Bonchev–Trinajstić information content (AvgIpc) is 3.31. The summed E-state index contributed by atoms with van der Waals surface area (Å²) >= 11 is 0. The van der Waals surface area contributed by atoms with Crippen LogP contribution in [0.2, 0.25) is 0 Å². The van der Waals surface area contributed by atoms with Gasteiger partial charge in [0.2, 0.25) is 5.88 Å². The van der Waals surface area contributed by atoms with E-state index in [0.717, 1.165) is 6.42 Å². The summed E-state index contributed by atoms with van der Waals surface area (Å²) < 4.78 is 7.32. The summed E-state index contributed by atoms with van der Waals surface area (Å²) in [5.74, 6) is 1.42. The molecule has 0 fully saturated rings. The van der Waals surface area contributed by atoms with Gasteiger partial charge in [0.15, 0.2) is 5.82 Å². The van der Waals surface area contributed by atoms with Crippen molar-refractivity contribution in [2.24, 2.45) is 0 Å². The van der Waals surface area contributed by atoms with E-state index in [1.165, 1.54) is 5.56 Å². The number of nitrogens with one attached hydrogen (secondary N) is 1. The number of hydrogen-bond acceptors (Lipinski definition) is 5. The number of rotatable bonds is 6. The Morgan fingerprint density at radius 3 is 2.41 bits per heavy atom. The molecule has 0 bridgehead atoms. The molecule has 0 radical (unpaired) electrons. The molecule has 1 N–H and O–H groups in total. The number of carbonyl (C=O) groups excluding carboxylic acids is 1. The van der Waals surface area contributed by atoms with Gasteiger partial charge >= 0.3 is 0 Å². The van der Waals surface area contributed by atoms with Crippen LogP contribution in [0.1, 0.15) is 22.8 Å². The molecule has 29 heavy (non-hydrogen) atoms. The van der Waals surface area contributed by atoms with Crippen LogP contribution in [0.5, 0.6) is 11.6 Å². The van der Waals surface area contributed by atoms with Gasteiger partial charge in [-0.15, -0.1) is 10.2 Å². The number of hydrogen-bond donors (Lipinski definition) is 1. The molecule has 7 heteroatoms. The predicted molar refractivity (Wildman–Crippen MR) is 109 cm³/mol. The zero-order valence-electron chi connectivity index (χ0n) is 15.8. The summed E-state index contributed by atoms with van der Waals surface area (Å²) in [5.41, 5.74) is 2.50. The lowest BCUT2D eigenvalue weighted by Gasteiger charge is -2.08. The minimum Gasteiger partial charge on any atom is -0.438 e. The lowest BCUT2D eigenvalue weighted by molar-refractivity contribution is 0.102. The fourth-order valence-corrected chi connectivity index (χ4v) is 2.72. The van der Waals surface area contributed by atoms with Gasteiger partial charge in [-0.3, -0.25) is 4.79 Å². The van der Waals surface area contributed by atoms with E-state index < -0.39 is 0 Å². The highest BCUT2D eigenvalue weighted by Crippen LogP contribution is 2.22. The van der Waals surface area contributed by atoms with Crippen molar-refractivity contribution in [3.63, 3.8) is 0 Å². The van der Waals surface area contributed by atoms with Gasteiger partial charge in [0.05, 0.1) is 0 Å². The maximum absolute atomic E-state index is 12.4. The van der Waals surface area contributed by atoms with Gasteiger partial charge < -0.3 is 10.1 Å². The number of carbonyl (C=O) groups is 1. The summed E-state index contributed by atoms with van der Waals surface area (Å²) in [5, 5.41) is 15.1. The number of ether oxygens (including phenoxy) is 1. The Balaban J connectivity index is 1.38. The van der Waals surface area contributed by atoms with E-state index in [4.69, 9.17) is 4.74 Å². The molecule has 0 aliphatic rings. The van der Waals surface area contributed by atoms with E-state index in [1.54, 1.807) is 53.5 Å². The van der Waals surface area contributed by atoms with Crippen molar-refractivity contribution in [3.05, 3.63) is 90.3 Å². The molecule has 1 amide bonds. The minimum atomic E-state index is -0.151. The molecule has 0 saturated carbocycles. The van der Waals surface area contributed by atoms with Gasteiger partial charge in [0.1, 0.15) is 5.75 Å². The zero-order valence-corrected chi connectivity index (χ0v) is 15.8. The minimum absolute atomic E-state index is 0.151. The van der Waals surface area contributed by atoms with Crippen LogP contribution in [0.3, 0.4) is 0 Å². The summed E-state index contributed by atoms with van der Waals surface area (Å²) in [6.07, 6.45) is 4.40. The van der Waals surface area contributed by atoms with E-state index in [2.05, 4.69) is 27.5 Å². The Bertz CT molecular complexity index is 1070. The third-order valence-electron chi connectivity index (χ3n) is 4.32. The maximum Gasteiger partial charge on any atom is 0.255 e. The van der Waals surface area contributed by atoms with Gasteiger partial charge in [-0.2, -0.15) is 5.10 Å². The van der Waals surface area contributed by atoms with Gasteiger partial charge in [-0.05, 0) is 60.5 Å². The largest absolute Gasteiger partial charge is 0.438 e. The van der Waals surface area contributed by atoms with E-state index in [1.807, 2.05) is 30.3 Å². The number of nitrogens with zero attached hydrogens (tertiary/aromatic N) is 4. The molecule has 4 aromatic rings. The van der Waals surface area contributed by atoms with Crippen molar-refractivity contribution in [2.75, 3.05) is 5.32 Å². The van der Waals surface area contributed by atoms with Crippen molar-refractivity contribution in [1.82, 2.24) is 20.0 Å². The molecule has 2 aromatic carbocycles. The normalized spacial score (nSPS) is 10.5. The molecule has 0 aliphatic heterocycles. The summed E-state index contributed by atoms with van der Waals surface area (Å²) in [7, 11) is 0. The smallest absolute Gasteiger partial charge is 0.255 e. The fraction of sp³-hybridized carbons (Fsp3) is 0.0909. The van der Waals surface area contributed by atoms with Crippen LogP contribution >= 0.6 is 0 Å². The molecule has 0 aliphatic carbocycles. The molecule has 4 rings (SSSR count). The number of benzene rings is 2. The second-order valence-corrected chi connectivity index (χ2v) is 6.31. The molecule has 144 valence electrons. The highest BCUT2D eigenvalue weighted by molar-refractivity contribution is 6.04. The first-order valence-corrected chi connectivity index (χ1v) is 9.23. The topological polar surface area (TPSA) is 81.9 Å². The highest BCUT2D eigenvalue weighted by atomic mass is 16.5. The monoisotopic (exact) mass is 385 g/mol. The van der Waals surface area contributed by atoms with Gasteiger partial charge in [-0.25, -0.2) is 4.68 Å². The van der Waals surface area contributed by atoms with Crippen molar-refractivity contribution >= 4 is 11.6 Å². The first-order valence-electron chi connectivity index (χ1n) is 9.23. The van der Waals surface area contributed by atoms with Crippen molar-refractivity contribution in [2.45, 2.75) is 13.3 Å². The maximum atomic E-state index is 12.4. The van der Waals surface area contributed by atoms with Crippen LogP contribution in [-0.2, 0) is 6.42 Å². The standard InChI is InChI=1S/C22H19N5O2/c1-2-16-4-6-17(7-5-16)22(28)24-18-8-10-19(11-9-18)29-21-13-12-20(25-26-21)27-15-3-14-23-27/h3-15H,2H2,1H3,(H,24,28). The van der Waals surface area contributed by atoms with Gasteiger partial charge in [-0.1, -0.05) is 19.1 Å². The molecule has 7 nitrogen and oxygen atoms in total. The van der Waals surface area contributed by atoms with Gasteiger partial charge in [0.25, 0.3) is 5.91 Å². The third-order valence-corrected chi connectivity index (χ3v) is 4.32. The first-order chi connectivity index (χ1) is 14.2. The summed E-state index contributed by atoms with van der Waals surface area (Å²) in [6, 6.07) is 20.0. The average molecular weight is 385 g/mol. The van der Waals surface area contributed by atoms with Crippen LogP contribution in [0.25, 0.3) is 5.82 Å². The van der Waals surface area contributed by atoms with Crippen LogP contribution < -0.4 is 10.1 Å². The molecule has 0 atom stereocenters. The van der Waals surface area contributed by atoms with Crippen molar-refractivity contribution in [3.8, 4) is 17.4 Å². The fourth-order valence-electron chi connectivity index (χ4n) is 2.72. The molecule has 2 heterocycles. The third kappa shape index (κ3) is 4.47. The number of anilines is 1. The van der Waals surface area contributed by atoms with E-state index >= 15 is 0 Å². The Morgan fingerprint density at radius 2 is 1.79 bits per heavy atom. The number of aromatic nitrogens is 4. The molecule has 2 aromatic heterocycles. The van der Waals surface area contributed by atoms with Gasteiger partial charge in [0, 0.05) is 29.7 Å². The van der Waals surface area contributed by atoms with Crippen LogP contribution in [0, 0.1) is 0 Å². The van der Waals surface area contributed by atoms with Crippen LogP contribution in [-0.4, -0.2) is 25.9 Å². The Hall–Kier alpha value is -4.00. The molecule has 0 unspecified atom stereocenters. The second kappa shape index (κ2) is 8.35. The zero-order chi connectivity index (χ0) is 20.1. The lowest BCUT2D eigenvalue weighted by Crippen LogP contribution is -2.11. The second-order valence-electron chi connectivity index (χ2n) is 6.31. The quantitative estimate of drug-likeness (QED) is 0.536. The Kier molecular flexibility index (Phi) is 5.29. The molecular formula is C22H19N5O2. The number of amides is 1. The molecule has 0 saturated heterocycles. The predicted octanol–water partition coefficient (Wildman–Crippen LogP) is 4.27. The van der Waals surface area contributed by atoms with E-state index in [0.29, 0.717) is 28.7 Å². The lowest BCUT2D eigenvalue weighted by atomic mass is 10.1. The van der Waals surface area contributed by atoms with Crippen LogP contribution in [0.4, 0.5) is 5.69 Å². The first kappa shape index (κ1) is 18.4. The summed E-state index contributed by atoms with van der Waals surface area (Å²) in [6.45, 7) is 2.08. The number of aryl methyl sites for hydroxylation is 1. The van der Waals surface area contributed by atoms with E-state index in [-0.39, 0.29) is 5.91 Å². The SMILES string of the molecule is CCc1ccc(C(=O)Nc2ccc(Oc3ccc(-n4cccn4)nn3)cc2)cc1. The van der Waals surface area contributed by atoms with Crippen molar-refractivity contribution in [1.29, 1.82) is 0 Å². The summed E-state index contributed by atoms with van der Waals surface area (Å²) in [4.78, 5) is 12.4. The van der Waals surface area contributed by atoms with Crippen molar-refractivity contribution < 1.29 is 9.53 Å². The Labute approximate surface area is 168 Å². The highest BCUT2D eigenvalue weighted by Gasteiger charge is 2.07. The molecule has 0 spiro atoms. The van der Waals surface area contributed by atoms with Crippen LogP contribution in [0.15, 0.2) is 79.1 Å². The molecular weight excluding hydrogens is 366 g/mol.